The largest absolute Gasteiger partial charge is 0.501 e. The van der Waals surface area contributed by atoms with E-state index in [0.717, 1.165) is 19.1 Å². The van der Waals surface area contributed by atoms with Crippen molar-refractivity contribution in [1.82, 2.24) is 0 Å². The molecule has 70 heavy (non-hydrogen) atoms. The van der Waals surface area contributed by atoms with Crippen molar-refractivity contribution < 1.29 is 112 Å². The van der Waals surface area contributed by atoms with Crippen molar-refractivity contribution in [2.75, 3.05) is 6.61 Å². The fraction of sp³-hybridized carbons (Fsp3) is 0.237. The van der Waals surface area contributed by atoms with Crippen LogP contribution < -0.4 is 9.47 Å². The molecule has 17 nitrogen and oxygen atoms in total. The van der Waals surface area contributed by atoms with Gasteiger partial charge in [0.1, 0.15) is 17.1 Å². The molecule has 0 bridgehead atoms. The van der Waals surface area contributed by atoms with Crippen LogP contribution in [0.2, 0.25) is 0 Å². The first-order valence-electron chi connectivity index (χ1n) is 18.4. The van der Waals surface area contributed by atoms with Crippen LogP contribution in [0, 0.1) is 20.2 Å². The molecule has 0 aromatic heterocycles. The first-order valence-corrected chi connectivity index (χ1v) is 22.9. The van der Waals surface area contributed by atoms with Crippen LogP contribution in [0.4, 0.5) is 64.1 Å². The number of carbonyl (C=O) groups excluding carboxylic acids is 1. The number of carbonyl (C=O) groups is 1. The van der Waals surface area contributed by atoms with Crippen molar-refractivity contribution in [2.24, 2.45) is 0 Å². The van der Waals surface area contributed by atoms with E-state index in [0.29, 0.717) is 42.5 Å². The summed E-state index contributed by atoms with van der Waals surface area (Å²) in [6, 6.07) is 3.42. The Balaban J connectivity index is 1.67. The molecule has 2 unspecified atom stereocenters. The van der Waals surface area contributed by atoms with E-state index in [-0.39, 0.29) is 42.5 Å². The lowest BCUT2D eigenvalue weighted by Gasteiger charge is -2.36. The van der Waals surface area contributed by atoms with Crippen LogP contribution >= 0.6 is 0 Å². The third kappa shape index (κ3) is 11.1. The Morgan fingerprint density at radius 2 is 1.10 bits per heavy atom. The standard InChI is InChI=1S/C38H24F12N2O15S3/c1-2-64-32(53)33(68(58,59)25-7-5-23(6-8-25)65-30-11-9-26(17-28(30)51(54)55)69(60,61)37(45,46)47)67-34(20-14-21(35(39,40)41)16-22(15-20)36(42,43)44)13-3-4-24(19-34)66-31-12-10-27(18-29(31)52(56)57)70(62,63)38(48,49)50/h3-12,14-19,33H,2,13H2,1H3. The minimum absolute atomic E-state index is 0.00361. The van der Waals surface area contributed by atoms with Crippen molar-refractivity contribution in [3.63, 3.8) is 0 Å². The number of nitro groups is 2. The Morgan fingerprint density at radius 3 is 1.51 bits per heavy atom. The maximum Gasteiger partial charge on any atom is 0.501 e. The summed E-state index contributed by atoms with van der Waals surface area (Å²) in [5.74, 6) is -5.38. The quantitative estimate of drug-likeness (QED) is 0.0466. The number of esters is 1. The summed E-state index contributed by atoms with van der Waals surface area (Å²) < 4.78 is 262. The topological polar surface area (TPSA) is 243 Å². The molecular formula is C38H24F12N2O15S3. The van der Waals surface area contributed by atoms with Crippen molar-refractivity contribution in [2.45, 2.75) is 62.4 Å². The number of hydrogen-bond donors (Lipinski definition) is 0. The SMILES string of the molecule is CCOC(=O)C(OC1(c2cc(C(F)(F)F)cc(C(F)(F)F)c2)C=C(Oc2ccc(S(=O)(=O)C(F)(F)F)cc2[N+](=O)[O-])C=CC1)S(=O)(=O)c1ccc(Oc2ccc(S(=O)(=O)C(F)(F)F)cc2[N+](=O)[O-])cc1. The van der Waals surface area contributed by atoms with E-state index in [1.165, 1.54) is 0 Å². The Labute approximate surface area is 383 Å². The van der Waals surface area contributed by atoms with Gasteiger partial charge >= 0.3 is 40.7 Å². The molecule has 0 radical (unpaired) electrons. The fourth-order valence-corrected chi connectivity index (χ4v) is 9.01. The van der Waals surface area contributed by atoms with E-state index in [1.807, 2.05) is 0 Å². The van der Waals surface area contributed by atoms with Gasteiger partial charge in [-0.15, -0.1) is 0 Å². The highest BCUT2D eigenvalue weighted by atomic mass is 32.2. The lowest BCUT2D eigenvalue weighted by Crippen LogP contribution is -2.43. The summed E-state index contributed by atoms with van der Waals surface area (Å²) in [6.45, 7) is 0.439. The zero-order valence-electron chi connectivity index (χ0n) is 34.0. The first kappa shape index (κ1) is 54.1. The number of alkyl halides is 12. The zero-order chi connectivity index (χ0) is 52.8. The maximum atomic E-state index is 14.3. The monoisotopic (exact) mass is 1070 g/mol. The smallest absolute Gasteiger partial charge is 0.463 e. The van der Waals surface area contributed by atoms with Crippen LogP contribution in [0.3, 0.4) is 0 Å². The van der Waals surface area contributed by atoms with Gasteiger partial charge in [0, 0.05) is 18.6 Å². The van der Waals surface area contributed by atoms with Crippen LogP contribution in [0.5, 0.6) is 17.2 Å². The molecule has 0 N–H and O–H groups in total. The van der Waals surface area contributed by atoms with E-state index in [2.05, 4.69) is 0 Å². The van der Waals surface area contributed by atoms with Gasteiger partial charge in [-0.3, -0.25) is 20.2 Å². The molecule has 1 aliphatic rings. The lowest BCUT2D eigenvalue weighted by molar-refractivity contribution is -0.386. The van der Waals surface area contributed by atoms with Gasteiger partial charge < -0.3 is 18.9 Å². The number of allylic oxidation sites excluding steroid dienone is 1. The molecule has 0 amide bonds. The molecule has 0 saturated carbocycles. The maximum absolute atomic E-state index is 14.3. The number of halogens is 12. The van der Waals surface area contributed by atoms with Gasteiger partial charge in [0.25, 0.3) is 25.1 Å². The Morgan fingerprint density at radius 1 is 0.657 bits per heavy atom. The summed E-state index contributed by atoms with van der Waals surface area (Å²) in [5.41, 5.74) is -26.2. The van der Waals surface area contributed by atoms with E-state index >= 15 is 0 Å². The van der Waals surface area contributed by atoms with Crippen LogP contribution in [0.15, 0.2) is 118 Å². The zero-order valence-corrected chi connectivity index (χ0v) is 36.5. The molecule has 0 spiro atoms. The second kappa shape index (κ2) is 18.8. The van der Waals surface area contributed by atoms with Crippen molar-refractivity contribution in [3.05, 3.63) is 140 Å². The number of hydrogen-bond acceptors (Lipinski definition) is 15. The molecule has 0 fully saturated rings. The molecule has 378 valence electrons. The molecule has 0 heterocycles. The Hall–Kier alpha value is -6.80. The van der Waals surface area contributed by atoms with E-state index in [4.69, 9.17) is 18.9 Å². The Bertz CT molecular complexity index is 3120. The summed E-state index contributed by atoms with van der Waals surface area (Å²) in [4.78, 5) is 30.1. The fourth-order valence-electron chi connectivity index (χ4n) is 6.07. The number of sulfone groups is 3. The highest BCUT2D eigenvalue weighted by Crippen LogP contribution is 2.46. The normalized spacial score (nSPS) is 16.5. The lowest BCUT2D eigenvalue weighted by atomic mass is 9.84. The Kier molecular flexibility index (Phi) is 14.6. The van der Waals surface area contributed by atoms with Gasteiger partial charge in [0.15, 0.2) is 0 Å². The average Bonchev–Trinajstić information content (AvgIpc) is 3.24. The van der Waals surface area contributed by atoms with Gasteiger partial charge in [-0.1, -0.05) is 6.08 Å². The van der Waals surface area contributed by atoms with E-state index < -0.39 is 159 Å². The third-order valence-electron chi connectivity index (χ3n) is 9.33. The summed E-state index contributed by atoms with van der Waals surface area (Å²) in [6.07, 6.45) is -10.1. The molecule has 4 aromatic rings. The molecule has 4 aromatic carbocycles. The minimum Gasteiger partial charge on any atom is -0.463 e. The number of nitro benzene ring substituents is 2. The molecule has 0 saturated heterocycles. The van der Waals surface area contributed by atoms with Crippen LogP contribution in [0.1, 0.15) is 30.0 Å². The van der Waals surface area contributed by atoms with Crippen molar-refractivity contribution in [3.8, 4) is 17.2 Å². The van der Waals surface area contributed by atoms with Crippen molar-refractivity contribution in [1.29, 1.82) is 0 Å². The summed E-state index contributed by atoms with van der Waals surface area (Å²) in [5, 5.41) is 23.6. The predicted octanol–water partition coefficient (Wildman–Crippen LogP) is 9.42. The number of benzene rings is 4. The van der Waals surface area contributed by atoms with Gasteiger partial charge in [-0.25, -0.2) is 30.0 Å². The number of ether oxygens (including phenoxy) is 4. The molecule has 32 heteroatoms. The second-order valence-electron chi connectivity index (χ2n) is 13.9. The van der Waals surface area contributed by atoms with Crippen LogP contribution in [-0.2, 0) is 61.7 Å². The van der Waals surface area contributed by atoms with E-state index in [9.17, 15) is 103 Å². The number of nitrogens with zero attached hydrogens (tertiary/aromatic N) is 2. The molecule has 5 rings (SSSR count). The molecule has 1 aliphatic carbocycles. The third-order valence-corrected chi connectivity index (χ3v) is 14.1. The van der Waals surface area contributed by atoms with Gasteiger partial charge in [0.2, 0.25) is 21.3 Å². The highest BCUT2D eigenvalue weighted by Gasteiger charge is 2.50. The second-order valence-corrected chi connectivity index (χ2v) is 19.8. The van der Waals surface area contributed by atoms with E-state index in [1.54, 1.807) is 0 Å². The predicted molar refractivity (Wildman–Crippen MR) is 208 cm³/mol. The van der Waals surface area contributed by atoms with Crippen LogP contribution in [-0.4, -0.2) is 64.1 Å². The summed E-state index contributed by atoms with van der Waals surface area (Å²) in [7, 11) is -17.9. The first-order chi connectivity index (χ1) is 32.0. The summed E-state index contributed by atoms with van der Waals surface area (Å²) >= 11 is 0. The minimum atomic E-state index is -6.24. The van der Waals surface area contributed by atoms with Gasteiger partial charge in [-0.05, 0) is 91.4 Å². The van der Waals surface area contributed by atoms with Crippen LogP contribution in [0.25, 0.3) is 0 Å². The molecular weight excluding hydrogens is 1050 g/mol. The highest BCUT2D eigenvalue weighted by molar-refractivity contribution is 7.93. The van der Waals surface area contributed by atoms with Gasteiger partial charge in [-0.2, -0.15) is 52.7 Å². The average molecular weight is 1070 g/mol. The number of rotatable bonds is 15. The molecule has 2 atom stereocenters. The van der Waals surface area contributed by atoms with Gasteiger partial charge in [0.05, 0.1) is 42.3 Å². The molecule has 0 aliphatic heterocycles. The van der Waals surface area contributed by atoms with Crippen molar-refractivity contribution >= 4 is 46.9 Å².